The first kappa shape index (κ1) is 40.4. The van der Waals surface area contributed by atoms with Gasteiger partial charge in [0, 0.05) is 12.8 Å². The van der Waals surface area contributed by atoms with Gasteiger partial charge < -0.3 is 38.9 Å². The molecule has 0 aromatic carbocycles. The van der Waals surface area contributed by atoms with Gasteiger partial charge in [-0.25, -0.2) is 0 Å². The lowest BCUT2D eigenvalue weighted by molar-refractivity contribution is -0.910. The fourth-order valence-corrected chi connectivity index (χ4v) is 4.90. The van der Waals surface area contributed by atoms with E-state index in [0.29, 0.717) is 74.3 Å². The number of likely N-dealkylation sites (N-methyl/N-ethyl adjacent to an activating group) is 2. The van der Waals surface area contributed by atoms with Crippen LogP contribution in [0.4, 0.5) is 0 Å². The molecule has 0 bridgehead atoms. The number of hydrogen-bond acceptors (Lipinski definition) is 8. The van der Waals surface area contributed by atoms with Gasteiger partial charge in [-0.05, 0) is 38.5 Å². The largest absolute Gasteiger partial charge is 0.460 e. The Bertz CT molecular complexity index is 621. The molecule has 0 radical (unpaired) electrons. The third kappa shape index (κ3) is 23.9. The molecule has 0 aliphatic carbocycles. The van der Waals surface area contributed by atoms with Crippen molar-refractivity contribution >= 4 is 11.9 Å². The van der Waals surface area contributed by atoms with Gasteiger partial charge in [0.2, 0.25) is 0 Å². The van der Waals surface area contributed by atoms with E-state index in [1.54, 1.807) is 0 Å². The summed E-state index contributed by atoms with van der Waals surface area (Å²) in [6, 6.07) is 0. The fourth-order valence-electron chi connectivity index (χ4n) is 4.90. The lowest BCUT2D eigenvalue weighted by atomic mass is 10.1. The van der Waals surface area contributed by atoms with Crippen molar-refractivity contribution < 1.29 is 48.5 Å². The Morgan fingerprint density at radius 2 is 0.810 bits per heavy atom. The summed E-state index contributed by atoms with van der Waals surface area (Å²) in [7, 11) is 3.90. The molecule has 0 rings (SSSR count). The summed E-state index contributed by atoms with van der Waals surface area (Å²) in [6.45, 7) is 4.18. The summed E-state index contributed by atoms with van der Waals surface area (Å²) < 4.78 is 11.7. The zero-order valence-corrected chi connectivity index (χ0v) is 26.9. The molecule has 10 nitrogen and oxygen atoms in total. The highest BCUT2D eigenvalue weighted by atomic mass is 16.5. The normalized spacial score (nSPS) is 12.2. The van der Waals surface area contributed by atoms with Crippen molar-refractivity contribution in [2.75, 3.05) is 93.0 Å². The molecule has 0 unspecified atom stereocenters. The van der Waals surface area contributed by atoms with Gasteiger partial charge in [0.1, 0.15) is 52.5 Å². The predicted molar refractivity (Wildman–Crippen MR) is 166 cm³/mol. The zero-order chi connectivity index (χ0) is 31.4. The molecule has 0 spiro atoms. The topological polar surface area (TPSA) is 134 Å². The SMILES string of the molecule is C[N+](CCO)(CCO)CCOC(=O)CCCCCCC/C=C/CCCCCCCC(=O)OCC[N+](C)(CCO)CCO. The second-order valence-corrected chi connectivity index (χ2v) is 12.0. The maximum atomic E-state index is 11.9. The van der Waals surface area contributed by atoms with Crippen LogP contribution in [0.3, 0.4) is 0 Å². The van der Waals surface area contributed by atoms with Crippen LogP contribution >= 0.6 is 0 Å². The number of nitrogens with zero attached hydrogens (tertiary/aromatic N) is 2. The van der Waals surface area contributed by atoms with Gasteiger partial charge in [0.15, 0.2) is 0 Å². The van der Waals surface area contributed by atoms with Crippen molar-refractivity contribution in [1.29, 1.82) is 0 Å². The minimum atomic E-state index is -0.163. The smallest absolute Gasteiger partial charge is 0.305 e. The second kappa shape index (κ2) is 27.0. The van der Waals surface area contributed by atoms with Crippen LogP contribution < -0.4 is 0 Å². The summed E-state index contributed by atoms with van der Waals surface area (Å²) in [6.07, 6.45) is 18.4. The number of carbonyl (C=O) groups is 2. The van der Waals surface area contributed by atoms with E-state index < -0.39 is 0 Å². The Hall–Kier alpha value is -1.56. The first-order chi connectivity index (χ1) is 20.2. The molecule has 0 saturated carbocycles. The van der Waals surface area contributed by atoms with Gasteiger partial charge in [0.25, 0.3) is 0 Å². The molecule has 4 N–H and O–H groups in total. The number of aliphatic hydroxyl groups is 4. The fraction of sp³-hybridized carbons (Fsp3) is 0.875. The summed E-state index contributed by atoms with van der Waals surface area (Å²) >= 11 is 0. The van der Waals surface area contributed by atoms with Crippen LogP contribution in [-0.4, -0.2) is 134 Å². The number of rotatable bonds is 30. The molecule has 0 aromatic heterocycles. The van der Waals surface area contributed by atoms with Crippen LogP contribution in [0.1, 0.15) is 89.9 Å². The van der Waals surface area contributed by atoms with E-state index in [0.717, 1.165) is 51.4 Å². The molecule has 0 fully saturated rings. The predicted octanol–water partition coefficient (Wildman–Crippen LogP) is 2.95. The number of carbonyl (C=O) groups excluding carboxylic acids is 2. The molecule has 0 aliphatic heterocycles. The summed E-state index contributed by atoms with van der Waals surface area (Å²) in [5.41, 5.74) is 0. The molecule has 0 aliphatic rings. The molecule has 42 heavy (non-hydrogen) atoms. The average molecular weight is 605 g/mol. The molecule has 0 saturated heterocycles. The van der Waals surface area contributed by atoms with Crippen molar-refractivity contribution in [3.8, 4) is 0 Å². The molecular weight excluding hydrogens is 540 g/mol. The van der Waals surface area contributed by atoms with Gasteiger partial charge in [-0.15, -0.1) is 0 Å². The number of ether oxygens (including phenoxy) is 2. The highest BCUT2D eigenvalue weighted by molar-refractivity contribution is 5.69. The van der Waals surface area contributed by atoms with E-state index in [9.17, 15) is 30.0 Å². The van der Waals surface area contributed by atoms with E-state index in [2.05, 4.69) is 12.2 Å². The van der Waals surface area contributed by atoms with Crippen LogP contribution in [0.25, 0.3) is 0 Å². The quantitative estimate of drug-likeness (QED) is 0.0426. The third-order valence-electron chi connectivity index (χ3n) is 8.02. The highest BCUT2D eigenvalue weighted by Gasteiger charge is 2.21. The standard InChI is InChI=1S/C32H64N2O8/c1-33(19-25-35,20-26-36)23-29-41-31(39)17-15-13-11-9-7-5-3-4-6-8-10-12-14-16-18-32(40)42-30-24-34(2,21-27-37)22-28-38/h3-4,35-38H,5-30H2,1-2H3/q+2/b4-3+. The molecule has 0 amide bonds. The zero-order valence-electron chi connectivity index (χ0n) is 26.9. The average Bonchev–Trinajstić information content (AvgIpc) is 2.93. The highest BCUT2D eigenvalue weighted by Crippen LogP contribution is 2.11. The summed E-state index contributed by atoms with van der Waals surface area (Å²) in [4.78, 5) is 23.9. The van der Waals surface area contributed by atoms with Crippen LogP contribution in [0, 0.1) is 0 Å². The van der Waals surface area contributed by atoms with Crippen LogP contribution in [-0.2, 0) is 19.1 Å². The third-order valence-corrected chi connectivity index (χ3v) is 8.02. The number of esters is 2. The van der Waals surface area contributed by atoms with E-state index in [1.807, 2.05) is 14.1 Å². The van der Waals surface area contributed by atoms with Crippen molar-refractivity contribution in [2.24, 2.45) is 0 Å². The van der Waals surface area contributed by atoms with Gasteiger partial charge in [-0.1, -0.05) is 50.7 Å². The van der Waals surface area contributed by atoms with E-state index >= 15 is 0 Å². The second-order valence-electron chi connectivity index (χ2n) is 12.0. The Morgan fingerprint density at radius 3 is 1.14 bits per heavy atom. The number of quaternary nitrogens is 2. The van der Waals surface area contributed by atoms with E-state index in [-0.39, 0.29) is 38.4 Å². The van der Waals surface area contributed by atoms with Crippen molar-refractivity contribution in [2.45, 2.75) is 89.9 Å². The summed E-state index contributed by atoms with van der Waals surface area (Å²) in [5, 5.41) is 36.7. The van der Waals surface area contributed by atoms with Gasteiger partial charge in [-0.3, -0.25) is 9.59 Å². The van der Waals surface area contributed by atoms with E-state index in [1.165, 1.54) is 25.7 Å². The number of unbranched alkanes of at least 4 members (excludes halogenated alkanes) is 10. The van der Waals surface area contributed by atoms with Gasteiger partial charge in [-0.2, -0.15) is 0 Å². The number of allylic oxidation sites excluding steroid dienone is 2. The minimum absolute atomic E-state index is 0.0474. The Kier molecular flexibility index (Phi) is 26.0. The lowest BCUT2D eigenvalue weighted by Gasteiger charge is -2.33. The minimum Gasteiger partial charge on any atom is -0.460 e. The van der Waals surface area contributed by atoms with Gasteiger partial charge in [0.05, 0.1) is 40.5 Å². The molecule has 0 aromatic rings. The van der Waals surface area contributed by atoms with Crippen molar-refractivity contribution in [3.05, 3.63) is 12.2 Å². The van der Waals surface area contributed by atoms with Crippen molar-refractivity contribution in [1.82, 2.24) is 0 Å². The Labute approximate surface area is 255 Å². The van der Waals surface area contributed by atoms with Crippen LogP contribution in [0.2, 0.25) is 0 Å². The monoisotopic (exact) mass is 604 g/mol. The van der Waals surface area contributed by atoms with Crippen molar-refractivity contribution in [3.63, 3.8) is 0 Å². The molecular formula is C32H64N2O8+2. The maximum Gasteiger partial charge on any atom is 0.305 e. The lowest BCUT2D eigenvalue weighted by Crippen LogP contribution is -2.50. The summed E-state index contributed by atoms with van der Waals surface area (Å²) in [5.74, 6) is -0.326. The van der Waals surface area contributed by atoms with Gasteiger partial charge >= 0.3 is 11.9 Å². The van der Waals surface area contributed by atoms with Crippen LogP contribution in [0.15, 0.2) is 12.2 Å². The molecule has 10 heteroatoms. The Morgan fingerprint density at radius 1 is 0.500 bits per heavy atom. The molecule has 248 valence electrons. The first-order valence-corrected chi connectivity index (χ1v) is 16.3. The molecule has 0 heterocycles. The number of aliphatic hydroxyl groups excluding tert-OH is 4. The number of hydrogen-bond donors (Lipinski definition) is 4. The maximum absolute atomic E-state index is 11.9. The van der Waals surface area contributed by atoms with E-state index in [4.69, 9.17) is 9.47 Å². The first-order valence-electron chi connectivity index (χ1n) is 16.3. The van der Waals surface area contributed by atoms with Crippen LogP contribution in [0.5, 0.6) is 0 Å². The molecule has 0 atom stereocenters. The Balaban J connectivity index is 3.56.